The van der Waals surface area contributed by atoms with E-state index in [0.29, 0.717) is 17.9 Å². The van der Waals surface area contributed by atoms with Crippen LogP contribution in [0.5, 0.6) is 5.75 Å². The van der Waals surface area contributed by atoms with E-state index in [2.05, 4.69) is 0 Å². The Morgan fingerprint density at radius 3 is 2.23 bits per heavy atom. The number of phosphoric ester groups is 1. The topological polar surface area (TPSA) is 65.1 Å². The van der Waals surface area contributed by atoms with Gasteiger partial charge in [0.15, 0.2) is 0 Å². The van der Waals surface area contributed by atoms with Gasteiger partial charge in [0.25, 0.3) is 5.91 Å². The van der Waals surface area contributed by atoms with Crippen LogP contribution in [0.4, 0.5) is 5.69 Å². The third kappa shape index (κ3) is 6.30. The molecule has 0 aliphatic heterocycles. The predicted octanol–water partition coefficient (Wildman–Crippen LogP) is 4.67. The molecular formula is C19H24NO5P. The van der Waals surface area contributed by atoms with E-state index in [9.17, 15) is 9.36 Å². The van der Waals surface area contributed by atoms with Gasteiger partial charge in [-0.25, -0.2) is 4.57 Å². The molecular weight excluding hydrogens is 353 g/mol. The molecule has 1 amide bonds. The van der Waals surface area contributed by atoms with Gasteiger partial charge in [0.1, 0.15) is 12.4 Å². The van der Waals surface area contributed by atoms with Crippen molar-refractivity contribution < 1.29 is 22.9 Å². The Kier molecular flexibility index (Phi) is 7.85. The van der Waals surface area contributed by atoms with Crippen molar-refractivity contribution in [3.8, 4) is 5.75 Å². The molecule has 26 heavy (non-hydrogen) atoms. The van der Waals surface area contributed by atoms with Crippen molar-refractivity contribution in [3.63, 3.8) is 0 Å². The van der Waals surface area contributed by atoms with Crippen molar-refractivity contribution in [2.75, 3.05) is 25.2 Å². The second-order valence-electron chi connectivity index (χ2n) is 5.60. The van der Waals surface area contributed by atoms with E-state index in [1.807, 2.05) is 31.2 Å². The number of nitrogens with zero attached hydrogens (tertiary/aromatic N) is 1. The van der Waals surface area contributed by atoms with Gasteiger partial charge in [0, 0.05) is 12.7 Å². The second kappa shape index (κ2) is 10.1. The maximum Gasteiger partial charge on any atom is 0.530 e. The second-order valence-corrected chi connectivity index (χ2v) is 7.19. The van der Waals surface area contributed by atoms with Crippen LogP contribution in [0.3, 0.4) is 0 Å². The molecule has 1 unspecified atom stereocenters. The normalized spacial score (nSPS) is 13.0. The number of para-hydroxylation sites is 2. The molecule has 0 radical (unpaired) electrons. The first-order valence-corrected chi connectivity index (χ1v) is 9.95. The smallest absolute Gasteiger partial charge is 0.404 e. The van der Waals surface area contributed by atoms with Crippen LogP contribution < -0.4 is 9.42 Å². The van der Waals surface area contributed by atoms with E-state index >= 15 is 0 Å². The van der Waals surface area contributed by atoms with E-state index in [4.69, 9.17) is 13.6 Å². The van der Waals surface area contributed by atoms with Gasteiger partial charge in [-0.05, 0) is 30.7 Å². The molecule has 6 nitrogen and oxygen atoms in total. The van der Waals surface area contributed by atoms with Crippen LogP contribution in [0.1, 0.15) is 19.8 Å². The average molecular weight is 377 g/mol. The van der Waals surface area contributed by atoms with Gasteiger partial charge < -0.3 is 9.42 Å². The van der Waals surface area contributed by atoms with Gasteiger partial charge in [-0.1, -0.05) is 49.7 Å². The summed E-state index contributed by atoms with van der Waals surface area (Å²) in [5.74, 6) is 0.00312. The predicted molar refractivity (Wildman–Crippen MR) is 101 cm³/mol. The molecule has 2 aromatic rings. The molecule has 0 fully saturated rings. The fourth-order valence-electron chi connectivity index (χ4n) is 2.05. The van der Waals surface area contributed by atoms with E-state index in [0.717, 1.165) is 6.42 Å². The van der Waals surface area contributed by atoms with Crippen LogP contribution >= 0.6 is 7.82 Å². The van der Waals surface area contributed by atoms with Gasteiger partial charge in [-0.15, -0.1) is 0 Å². The van der Waals surface area contributed by atoms with E-state index in [1.165, 1.54) is 4.90 Å². The van der Waals surface area contributed by atoms with Crippen LogP contribution in [0.2, 0.25) is 0 Å². The Balaban J connectivity index is 2.01. The lowest BCUT2D eigenvalue weighted by Crippen LogP contribution is -2.30. The summed E-state index contributed by atoms with van der Waals surface area (Å²) >= 11 is 0. The zero-order valence-electron chi connectivity index (χ0n) is 15.0. The summed E-state index contributed by atoms with van der Waals surface area (Å²) in [4.78, 5) is 13.8. The molecule has 2 aromatic carbocycles. The van der Waals surface area contributed by atoms with Crippen LogP contribution in [0.15, 0.2) is 60.7 Å². The van der Waals surface area contributed by atoms with E-state index < -0.39 is 14.4 Å². The average Bonchev–Trinajstić information content (AvgIpc) is 2.67. The van der Waals surface area contributed by atoms with Crippen molar-refractivity contribution >= 4 is 19.4 Å². The number of benzene rings is 2. The molecule has 1 atom stereocenters. The minimum absolute atomic E-state index is 0.226. The first-order chi connectivity index (χ1) is 12.5. The summed E-state index contributed by atoms with van der Waals surface area (Å²) in [6.07, 6.45) is 1.59. The largest absolute Gasteiger partial charge is 0.530 e. The molecule has 0 N–H and O–H groups in total. The summed E-state index contributed by atoms with van der Waals surface area (Å²) < 4.78 is 29.0. The van der Waals surface area contributed by atoms with Crippen molar-refractivity contribution in [1.82, 2.24) is 0 Å². The van der Waals surface area contributed by atoms with Gasteiger partial charge >= 0.3 is 7.82 Å². The highest BCUT2D eigenvalue weighted by molar-refractivity contribution is 7.49. The molecule has 2 rings (SSSR count). The van der Waals surface area contributed by atoms with Crippen molar-refractivity contribution in [2.24, 2.45) is 0 Å². The van der Waals surface area contributed by atoms with Crippen LogP contribution in [-0.2, 0) is 18.4 Å². The highest BCUT2D eigenvalue weighted by Gasteiger charge is 2.30. The zero-order chi connectivity index (χ0) is 18.8. The fourth-order valence-corrected chi connectivity index (χ4v) is 3.23. The van der Waals surface area contributed by atoms with Crippen LogP contribution in [0.25, 0.3) is 0 Å². The number of carbonyl (C=O) groups is 1. The molecule has 7 heteroatoms. The Hall–Kier alpha value is -2.14. The van der Waals surface area contributed by atoms with Crippen molar-refractivity contribution in [1.29, 1.82) is 0 Å². The van der Waals surface area contributed by atoms with Gasteiger partial charge in [0.2, 0.25) is 0 Å². The maximum absolute atomic E-state index is 12.9. The Morgan fingerprint density at radius 1 is 1.00 bits per heavy atom. The number of carbonyl (C=O) groups excluding carboxylic acids is 1. The molecule has 0 bridgehead atoms. The lowest BCUT2D eigenvalue weighted by atomic mass is 10.3. The van der Waals surface area contributed by atoms with E-state index in [1.54, 1.807) is 43.4 Å². The van der Waals surface area contributed by atoms with Gasteiger partial charge in [-0.3, -0.25) is 13.8 Å². The monoisotopic (exact) mass is 377 g/mol. The molecule has 0 heterocycles. The summed E-state index contributed by atoms with van der Waals surface area (Å²) in [5.41, 5.74) is 0.715. The van der Waals surface area contributed by atoms with Gasteiger partial charge in [-0.2, -0.15) is 0 Å². The quantitative estimate of drug-likeness (QED) is 0.445. The summed E-state index contributed by atoms with van der Waals surface area (Å²) in [5, 5.41) is 0. The molecule has 140 valence electrons. The van der Waals surface area contributed by atoms with Crippen molar-refractivity contribution in [2.45, 2.75) is 19.8 Å². The molecule has 0 aliphatic rings. The first-order valence-electron chi connectivity index (χ1n) is 8.49. The van der Waals surface area contributed by atoms with E-state index in [-0.39, 0.29) is 12.5 Å². The first kappa shape index (κ1) is 20.2. The number of rotatable bonds is 10. The minimum Gasteiger partial charge on any atom is -0.404 e. The Bertz CT molecular complexity index is 723. The Labute approximate surface area is 154 Å². The number of anilines is 1. The molecule has 0 saturated heterocycles. The summed E-state index contributed by atoms with van der Waals surface area (Å²) in [7, 11) is -2.28. The highest BCUT2D eigenvalue weighted by Crippen LogP contribution is 2.49. The van der Waals surface area contributed by atoms with Crippen LogP contribution in [-0.4, -0.2) is 26.2 Å². The maximum atomic E-state index is 12.9. The number of hydrogen-bond donors (Lipinski definition) is 0. The number of unbranched alkanes of at least 4 members (excludes halogenated alkanes) is 1. The number of hydrogen-bond acceptors (Lipinski definition) is 5. The molecule has 0 saturated carbocycles. The summed E-state index contributed by atoms with van der Waals surface area (Å²) in [6, 6.07) is 17.7. The number of amides is 1. The molecule has 0 aromatic heterocycles. The number of phosphoric acid groups is 1. The third-order valence-corrected chi connectivity index (χ3v) is 4.95. The van der Waals surface area contributed by atoms with Crippen molar-refractivity contribution in [3.05, 3.63) is 60.7 Å². The van der Waals surface area contributed by atoms with Crippen LogP contribution in [0, 0.1) is 0 Å². The standard InChI is InChI=1S/C19H24NO5P/c1-3-4-15-23-26(22,25-18-13-9-6-10-14-18)24-16-19(21)20(2)17-11-7-5-8-12-17/h5-14H,3-4,15-16H2,1-2H3. The minimum atomic E-state index is -3.90. The summed E-state index contributed by atoms with van der Waals surface area (Å²) in [6.45, 7) is 1.80. The fraction of sp³-hybridized carbons (Fsp3) is 0.316. The Morgan fingerprint density at radius 2 is 1.62 bits per heavy atom. The SMILES string of the molecule is CCCCOP(=O)(OCC(=O)N(C)c1ccccc1)Oc1ccccc1. The zero-order valence-corrected chi connectivity index (χ0v) is 15.9. The highest BCUT2D eigenvalue weighted by atomic mass is 31.2. The number of likely N-dealkylation sites (N-methyl/N-ethyl adjacent to an activating group) is 1. The van der Waals surface area contributed by atoms with Gasteiger partial charge in [0.05, 0.1) is 6.61 Å². The lowest BCUT2D eigenvalue weighted by Gasteiger charge is -2.21. The molecule has 0 aliphatic carbocycles. The third-order valence-electron chi connectivity index (χ3n) is 3.57. The lowest BCUT2D eigenvalue weighted by molar-refractivity contribution is -0.120. The molecule has 0 spiro atoms.